The van der Waals surface area contributed by atoms with Gasteiger partial charge in [-0.3, -0.25) is 0 Å². The fourth-order valence-corrected chi connectivity index (χ4v) is 3.37. The van der Waals surface area contributed by atoms with Gasteiger partial charge in [0.25, 0.3) is 0 Å². The fraction of sp³-hybridized carbons (Fsp3) is 0.192. The van der Waals surface area contributed by atoms with Gasteiger partial charge in [-0.1, -0.05) is 30.3 Å². The summed E-state index contributed by atoms with van der Waals surface area (Å²) in [5.41, 5.74) is 2.23. The number of rotatable bonds is 9. The monoisotopic (exact) mass is 511 g/mol. The van der Waals surface area contributed by atoms with E-state index < -0.39 is 11.7 Å². The van der Waals surface area contributed by atoms with E-state index in [9.17, 15) is 17.6 Å². The molecule has 0 saturated carbocycles. The Morgan fingerprint density at radius 1 is 0.730 bits per heavy atom. The summed E-state index contributed by atoms with van der Waals surface area (Å²) in [5, 5.41) is 9.01. The average Bonchev–Trinajstić information content (AvgIpc) is 2.87. The van der Waals surface area contributed by atoms with E-state index in [-0.39, 0.29) is 29.3 Å². The van der Waals surface area contributed by atoms with Gasteiger partial charge in [0.05, 0.1) is 5.56 Å². The molecule has 192 valence electrons. The van der Waals surface area contributed by atoms with E-state index in [0.717, 1.165) is 28.9 Å². The molecule has 0 bridgehead atoms. The van der Waals surface area contributed by atoms with E-state index in [1.165, 1.54) is 24.3 Å². The van der Waals surface area contributed by atoms with Gasteiger partial charge in [-0.05, 0) is 53.6 Å². The third-order valence-electron chi connectivity index (χ3n) is 5.35. The lowest BCUT2D eigenvalue weighted by Crippen LogP contribution is -2.12. The van der Waals surface area contributed by atoms with Crippen molar-refractivity contribution < 1.29 is 17.6 Å². The SMILES string of the molecule is CN(C)c1ccc(CNc2nc(NCc3ccc(F)cc3)nc(Nc3cccc(C(F)(F)F)c3)n2)cc1. The van der Waals surface area contributed by atoms with Crippen LogP contribution < -0.4 is 20.9 Å². The first kappa shape index (κ1) is 25.7. The van der Waals surface area contributed by atoms with Gasteiger partial charge in [-0.25, -0.2) is 4.39 Å². The van der Waals surface area contributed by atoms with Crippen LogP contribution in [-0.2, 0) is 19.3 Å². The van der Waals surface area contributed by atoms with E-state index in [0.29, 0.717) is 13.1 Å². The molecule has 1 heterocycles. The molecule has 3 N–H and O–H groups in total. The second kappa shape index (κ2) is 11.1. The van der Waals surface area contributed by atoms with Crippen LogP contribution in [0.5, 0.6) is 0 Å². The largest absolute Gasteiger partial charge is 0.416 e. The van der Waals surface area contributed by atoms with Gasteiger partial charge >= 0.3 is 6.18 Å². The molecule has 0 saturated heterocycles. The van der Waals surface area contributed by atoms with Crippen LogP contribution in [0.1, 0.15) is 16.7 Å². The zero-order chi connectivity index (χ0) is 26.4. The molecule has 0 atom stereocenters. The quantitative estimate of drug-likeness (QED) is 0.236. The molecule has 4 rings (SSSR count). The first-order valence-electron chi connectivity index (χ1n) is 11.3. The number of benzene rings is 3. The van der Waals surface area contributed by atoms with Crippen molar-refractivity contribution in [3.63, 3.8) is 0 Å². The van der Waals surface area contributed by atoms with Crippen molar-refractivity contribution in [1.29, 1.82) is 0 Å². The van der Waals surface area contributed by atoms with Crippen LogP contribution >= 0.6 is 0 Å². The van der Waals surface area contributed by atoms with Crippen LogP contribution in [0, 0.1) is 5.82 Å². The molecule has 3 aromatic carbocycles. The summed E-state index contributed by atoms with van der Waals surface area (Å²) in [6.45, 7) is 0.719. The van der Waals surface area contributed by atoms with Gasteiger partial charge in [0.15, 0.2) is 0 Å². The molecule has 11 heteroatoms. The number of aromatic nitrogens is 3. The Morgan fingerprint density at radius 2 is 1.27 bits per heavy atom. The van der Waals surface area contributed by atoms with Crippen molar-refractivity contribution >= 4 is 29.2 Å². The highest BCUT2D eigenvalue weighted by Gasteiger charge is 2.30. The van der Waals surface area contributed by atoms with Crippen LogP contribution in [0.2, 0.25) is 0 Å². The van der Waals surface area contributed by atoms with E-state index in [4.69, 9.17) is 0 Å². The number of alkyl halides is 3. The smallest absolute Gasteiger partial charge is 0.378 e. The number of hydrogen-bond donors (Lipinski definition) is 3. The van der Waals surface area contributed by atoms with Crippen LogP contribution in [-0.4, -0.2) is 29.0 Å². The Labute approximate surface area is 211 Å². The van der Waals surface area contributed by atoms with E-state index >= 15 is 0 Å². The van der Waals surface area contributed by atoms with Crippen molar-refractivity contribution in [3.05, 3.63) is 95.3 Å². The van der Waals surface area contributed by atoms with Crippen LogP contribution in [0.15, 0.2) is 72.8 Å². The van der Waals surface area contributed by atoms with E-state index in [1.807, 2.05) is 43.3 Å². The lowest BCUT2D eigenvalue weighted by atomic mass is 10.2. The average molecular weight is 512 g/mol. The van der Waals surface area contributed by atoms with Crippen molar-refractivity contribution in [2.24, 2.45) is 0 Å². The van der Waals surface area contributed by atoms with Crippen molar-refractivity contribution in [2.45, 2.75) is 19.3 Å². The first-order valence-corrected chi connectivity index (χ1v) is 11.3. The summed E-state index contributed by atoms with van der Waals surface area (Å²) in [7, 11) is 3.91. The Hall–Kier alpha value is -4.41. The standard InChI is InChI=1S/C26H25F4N7/c1-37(2)22-12-8-18(9-13-22)16-32-24-34-23(31-15-17-6-10-20(27)11-7-17)35-25(36-24)33-21-5-3-4-19(14-21)26(28,29)30/h3-14H,15-16H2,1-2H3,(H3,31,32,33,34,35,36). The summed E-state index contributed by atoms with van der Waals surface area (Å²) in [6.07, 6.45) is -4.48. The molecule has 7 nitrogen and oxygen atoms in total. The molecule has 0 radical (unpaired) electrons. The highest BCUT2D eigenvalue weighted by molar-refractivity contribution is 5.57. The molecular formula is C26H25F4N7. The van der Waals surface area contributed by atoms with E-state index in [2.05, 4.69) is 30.9 Å². The highest BCUT2D eigenvalue weighted by atomic mass is 19.4. The molecule has 1 aromatic heterocycles. The molecule has 0 aliphatic carbocycles. The second-order valence-electron chi connectivity index (χ2n) is 8.40. The minimum Gasteiger partial charge on any atom is -0.378 e. The molecule has 0 spiro atoms. The zero-order valence-electron chi connectivity index (χ0n) is 20.1. The predicted molar refractivity (Wildman–Crippen MR) is 136 cm³/mol. The molecular weight excluding hydrogens is 486 g/mol. The summed E-state index contributed by atoms with van der Waals surface area (Å²) < 4.78 is 52.6. The summed E-state index contributed by atoms with van der Waals surface area (Å²) in [5.74, 6) is 0.130. The van der Waals surface area contributed by atoms with Gasteiger partial charge < -0.3 is 20.9 Å². The van der Waals surface area contributed by atoms with Gasteiger partial charge in [0.2, 0.25) is 17.8 Å². The molecule has 0 unspecified atom stereocenters. The lowest BCUT2D eigenvalue weighted by molar-refractivity contribution is -0.137. The van der Waals surface area contributed by atoms with E-state index in [1.54, 1.807) is 12.1 Å². The molecule has 0 amide bonds. The van der Waals surface area contributed by atoms with Gasteiger partial charge in [-0.2, -0.15) is 28.1 Å². The Bertz CT molecular complexity index is 1320. The predicted octanol–water partition coefficient (Wildman–Crippen LogP) is 6.06. The third kappa shape index (κ3) is 7.29. The maximum absolute atomic E-state index is 13.2. The number of anilines is 5. The van der Waals surface area contributed by atoms with Crippen molar-refractivity contribution in [2.75, 3.05) is 34.9 Å². The minimum absolute atomic E-state index is 0.0568. The Morgan fingerprint density at radius 3 is 1.81 bits per heavy atom. The summed E-state index contributed by atoms with van der Waals surface area (Å²) >= 11 is 0. The second-order valence-corrected chi connectivity index (χ2v) is 8.40. The van der Waals surface area contributed by atoms with Gasteiger partial charge in [0.1, 0.15) is 5.82 Å². The van der Waals surface area contributed by atoms with Gasteiger partial charge in [-0.15, -0.1) is 0 Å². The van der Waals surface area contributed by atoms with Crippen molar-refractivity contribution in [3.8, 4) is 0 Å². The Kier molecular flexibility index (Phi) is 7.71. The van der Waals surface area contributed by atoms with Crippen LogP contribution in [0.3, 0.4) is 0 Å². The number of hydrogen-bond acceptors (Lipinski definition) is 7. The third-order valence-corrected chi connectivity index (χ3v) is 5.35. The molecule has 0 aliphatic rings. The maximum Gasteiger partial charge on any atom is 0.416 e. The topological polar surface area (TPSA) is 78.0 Å². The number of halogens is 4. The fourth-order valence-electron chi connectivity index (χ4n) is 3.37. The van der Waals surface area contributed by atoms with Crippen molar-refractivity contribution in [1.82, 2.24) is 15.0 Å². The van der Waals surface area contributed by atoms with Gasteiger partial charge in [0, 0.05) is 38.6 Å². The molecule has 0 fully saturated rings. The number of nitrogens with zero attached hydrogens (tertiary/aromatic N) is 4. The lowest BCUT2D eigenvalue weighted by Gasteiger charge is -2.14. The number of nitrogens with one attached hydrogen (secondary N) is 3. The molecule has 4 aromatic rings. The zero-order valence-corrected chi connectivity index (χ0v) is 20.1. The van der Waals surface area contributed by atoms with Crippen LogP contribution in [0.4, 0.5) is 46.8 Å². The minimum atomic E-state index is -4.48. The summed E-state index contributed by atoms with van der Waals surface area (Å²) in [6, 6.07) is 18.6. The molecule has 37 heavy (non-hydrogen) atoms. The highest BCUT2D eigenvalue weighted by Crippen LogP contribution is 2.31. The van der Waals surface area contributed by atoms with Crippen LogP contribution in [0.25, 0.3) is 0 Å². The maximum atomic E-state index is 13.2. The molecule has 0 aliphatic heterocycles. The Balaban J connectivity index is 1.55. The first-order chi connectivity index (χ1) is 17.7. The normalized spacial score (nSPS) is 11.2. The summed E-state index contributed by atoms with van der Waals surface area (Å²) in [4.78, 5) is 15.0.